The van der Waals surface area contributed by atoms with Gasteiger partial charge in [-0.1, -0.05) is 18.6 Å². The van der Waals surface area contributed by atoms with Gasteiger partial charge in [-0.3, -0.25) is 4.79 Å². The smallest absolute Gasteiger partial charge is 0.337 e. The molecule has 1 aliphatic heterocycles. The van der Waals surface area contributed by atoms with Crippen LogP contribution >= 0.6 is 12.2 Å². The molecule has 0 spiro atoms. The normalized spacial score (nSPS) is 16.6. The molecular formula is C20H25FN2O4S. The number of carbonyl (C=O) groups is 2. The molecule has 8 heteroatoms. The largest absolute Gasteiger partial charge is 0.469 e. The topological polar surface area (TPSA) is 67.9 Å². The van der Waals surface area contributed by atoms with E-state index >= 15 is 0 Å². The Morgan fingerprint density at radius 2 is 1.96 bits per heavy atom. The van der Waals surface area contributed by atoms with Crippen LogP contribution in [-0.4, -0.2) is 42.7 Å². The quantitative estimate of drug-likeness (QED) is 0.402. The highest BCUT2D eigenvalue weighted by Crippen LogP contribution is 2.31. The standard InChI is InChI=1S/C20H25FN2O4S/c1-13-17(19(25)27-3)18(14-8-7-9-15(21)12-14)22-20(28)23(13)11-6-4-5-10-16(24)26-2/h7-9,12,18H,4-6,10-11H2,1-3H3,(H,22,28)/t18-/m0/s1. The van der Waals surface area contributed by atoms with Crippen LogP contribution in [0.15, 0.2) is 35.5 Å². The van der Waals surface area contributed by atoms with E-state index in [0.29, 0.717) is 34.9 Å². The van der Waals surface area contributed by atoms with Crippen molar-refractivity contribution in [2.45, 2.75) is 38.6 Å². The van der Waals surface area contributed by atoms with Gasteiger partial charge in [-0.15, -0.1) is 0 Å². The van der Waals surface area contributed by atoms with Gasteiger partial charge in [0.25, 0.3) is 0 Å². The van der Waals surface area contributed by atoms with Crippen LogP contribution in [0.2, 0.25) is 0 Å². The summed E-state index contributed by atoms with van der Waals surface area (Å²) in [6.45, 7) is 2.40. The number of allylic oxidation sites excluding steroid dienone is 1. The van der Waals surface area contributed by atoms with Gasteiger partial charge in [0.05, 0.1) is 25.8 Å². The molecule has 6 nitrogen and oxygen atoms in total. The number of benzene rings is 1. The number of hydrogen-bond donors (Lipinski definition) is 1. The van der Waals surface area contributed by atoms with Crippen molar-refractivity contribution >= 4 is 29.3 Å². The molecular weight excluding hydrogens is 383 g/mol. The Morgan fingerprint density at radius 1 is 1.21 bits per heavy atom. The van der Waals surface area contributed by atoms with Gasteiger partial charge < -0.3 is 19.7 Å². The van der Waals surface area contributed by atoms with E-state index in [-0.39, 0.29) is 11.8 Å². The van der Waals surface area contributed by atoms with Crippen molar-refractivity contribution in [1.29, 1.82) is 0 Å². The Labute approximate surface area is 169 Å². The van der Waals surface area contributed by atoms with Gasteiger partial charge in [-0.05, 0) is 49.7 Å². The lowest BCUT2D eigenvalue weighted by atomic mass is 9.95. The zero-order valence-electron chi connectivity index (χ0n) is 16.3. The van der Waals surface area contributed by atoms with Gasteiger partial charge in [0.2, 0.25) is 0 Å². The van der Waals surface area contributed by atoms with Crippen molar-refractivity contribution in [3.8, 4) is 0 Å². The highest BCUT2D eigenvalue weighted by atomic mass is 32.1. The predicted molar refractivity (Wildman–Crippen MR) is 107 cm³/mol. The number of rotatable bonds is 8. The molecule has 28 heavy (non-hydrogen) atoms. The van der Waals surface area contributed by atoms with Crippen molar-refractivity contribution < 1.29 is 23.5 Å². The number of thiocarbonyl (C=S) groups is 1. The van der Waals surface area contributed by atoms with E-state index < -0.39 is 12.0 Å². The highest BCUT2D eigenvalue weighted by Gasteiger charge is 2.34. The lowest BCUT2D eigenvalue weighted by Gasteiger charge is -2.37. The molecule has 2 rings (SSSR count). The average molecular weight is 408 g/mol. The number of halogens is 1. The van der Waals surface area contributed by atoms with Crippen molar-refractivity contribution in [3.05, 3.63) is 46.9 Å². The Balaban J connectivity index is 2.17. The minimum atomic E-state index is -0.578. The second-order valence-corrected chi connectivity index (χ2v) is 6.85. The molecule has 152 valence electrons. The molecule has 0 saturated heterocycles. The first-order valence-electron chi connectivity index (χ1n) is 9.08. The van der Waals surface area contributed by atoms with Gasteiger partial charge in [-0.25, -0.2) is 9.18 Å². The Hall–Kier alpha value is -2.48. The van der Waals surface area contributed by atoms with Crippen LogP contribution in [0, 0.1) is 5.82 Å². The summed E-state index contributed by atoms with van der Waals surface area (Å²) in [5, 5.41) is 3.60. The van der Waals surface area contributed by atoms with Crippen LogP contribution in [-0.2, 0) is 19.1 Å². The molecule has 1 aliphatic rings. The maximum absolute atomic E-state index is 13.7. The summed E-state index contributed by atoms with van der Waals surface area (Å²) in [4.78, 5) is 25.5. The summed E-state index contributed by atoms with van der Waals surface area (Å²) in [6.07, 6.45) is 2.71. The van der Waals surface area contributed by atoms with E-state index in [4.69, 9.17) is 17.0 Å². The molecule has 0 fully saturated rings. The Morgan fingerprint density at radius 3 is 2.61 bits per heavy atom. The minimum Gasteiger partial charge on any atom is -0.469 e. The van der Waals surface area contributed by atoms with Crippen LogP contribution in [0.25, 0.3) is 0 Å². The lowest BCUT2D eigenvalue weighted by molar-refractivity contribution is -0.140. The zero-order chi connectivity index (χ0) is 20.7. The summed E-state index contributed by atoms with van der Waals surface area (Å²) in [5.74, 6) is -1.10. The van der Waals surface area contributed by atoms with Crippen molar-refractivity contribution in [2.24, 2.45) is 0 Å². The fourth-order valence-electron chi connectivity index (χ4n) is 3.18. The van der Waals surface area contributed by atoms with E-state index in [9.17, 15) is 14.0 Å². The number of hydrogen-bond acceptors (Lipinski definition) is 5. The van der Waals surface area contributed by atoms with Gasteiger partial charge in [-0.2, -0.15) is 0 Å². The zero-order valence-corrected chi connectivity index (χ0v) is 17.1. The number of methoxy groups -OCH3 is 2. The molecule has 0 aromatic heterocycles. The van der Waals surface area contributed by atoms with Gasteiger partial charge in [0.15, 0.2) is 5.11 Å². The lowest BCUT2D eigenvalue weighted by Crippen LogP contribution is -2.48. The van der Waals surface area contributed by atoms with Crippen molar-refractivity contribution in [2.75, 3.05) is 20.8 Å². The summed E-state index contributed by atoms with van der Waals surface area (Å²) >= 11 is 5.49. The molecule has 0 unspecified atom stereocenters. The molecule has 1 aromatic carbocycles. The summed E-state index contributed by atoms with van der Waals surface area (Å²) in [5.41, 5.74) is 1.67. The summed E-state index contributed by atoms with van der Waals surface area (Å²) < 4.78 is 23.3. The summed E-state index contributed by atoms with van der Waals surface area (Å²) in [7, 11) is 2.69. The van der Waals surface area contributed by atoms with E-state index in [2.05, 4.69) is 10.1 Å². The number of esters is 2. The molecule has 1 heterocycles. The van der Waals surface area contributed by atoms with E-state index in [1.165, 1.54) is 26.4 Å². The first-order chi connectivity index (χ1) is 13.4. The molecule has 0 radical (unpaired) electrons. The maximum Gasteiger partial charge on any atom is 0.337 e. The average Bonchev–Trinajstić information content (AvgIpc) is 2.68. The second kappa shape index (κ2) is 10.2. The molecule has 1 atom stereocenters. The number of nitrogens with zero attached hydrogens (tertiary/aromatic N) is 1. The van der Waals surface area contributed by atoms with Crippen LogP contribution in [0.4, 0.5) is 4.39 Å². The third-order valence-corrected chi connectivity index (χ3v) is 5.01. The fourth-order valence-corrected chi connectivity index (χ4v) is 3.53. The minimum absolute atomic E-state index is 0.225. The fraction of sp³-hybridized carbons (Fsp3) is 0.450. The highest BCUT2D eigenvalue weighted by molar-refractivity contribution is 7.80. The first-order valence-corrected chi connectivity index (χ1v) is 9.49. The van der Waals surface area contributed by atoms with E-state index in [1.807, 2.05) is 4.90 Å². The van der Waals surface area contributed by atoms with E-state index in [1.54, 1.807) is 19.1 Å². The van der Waals surface area contributed by atoms with Crippen LogP contribution in [0.1, 0.15) is 44.2 Å². The third-order valence-electron chi connectivity index (χ3n) is 4.67. The maximum atomic E-state index is 13.7. The number of carbonyl (C=O) groups excluding carboxylic acids is 2. The first kappa shape index (κ1) is 21.8. The molecule has 0 bridgehead atoms. The van der Waals surface area contributed by atoms with E-state index in [0.717, 1.165) is 19.3 Å². The number of ether oxygens (including phenoxy) is 2. The molecule has 0 saturated carbocycles. The van der Waals surface area contributed by atoms with Crippen molar-refractivity contribution in [3.63, 3.8) is 0 Å². The van der Waals surface area contributed by atoms with Gasteiger partial charge in [0, 0.05) is 18.7 Å². The monoisotopic (exact) mass is 408 g/mol. The third kappa shape index (κ3) is 5.28. The van der Waals surface area contributed by atoms with Crippen molar-refractivity contribution in [1.82, 2.24) is 10.2 Å². The van der Waals surface area contributed by atoms with Crippen LogP contribution < -0.4 is 5.32 Å². The number of nitrogens with one attached hydrogen (secondary N) is 1. The molecule has 0 aliphatic carbocycles. The SMILES string of the molecule is COC(=O)CCCCCN1C(=S)N[C@@H](c2cccc(F)c2)C(C(=O)OC)=C1C. The molecule has 1 N–H and O–H groups in total. The Bertz CT molecular complexity index is 781. The van der Waals surface area contributed by atoms with Gasteiger partial charge in [0.1, 0.15) is 5.82 Å². The molecule has 1 aromatic rings. The van der Waals surface area contributed by atoms with Crippen LogP contribution in [0.3, 0.4) is 0 Å². The molecule has 0 amide bonds. The van der Waals surface area contributed by atoms with Crippen LogP contribution in [0.5, 0.6) is 0 Å². The summed E-state index contributed by atoms with van der Waals surface area (Å²) in [6, 6.07) is 5.47. The number of unbranched alkanes of at least 4 members (excludes halogenated alkanes) is 2. The Kier molecular flexibility index (Phi) is 7.92. The second-order valence-electron chi connectivity index (χ2n) is 6.47. The predicted octanol–water partition coefficient (Wildman–Crippen LogP) is 3.24. The van der Waals surface area contributed by atoms with Gasteiger partial charge >= 0.3 is 11.9 Å².